The van der Waals surface area contributed by atoms with E-state index in [0.717, 1.165) is 12.8 Å². The van der Waals surface area contributed by atoms with Crippen molar-refractivity contribution in [1.29, 1.82) is 0 Å². The summed E-state index contributed by atoms with van der Waals surface area (Å²) >= 11 is -5.01. The van der Waals surface area contributed by atoms with E-state index in [1.165, 1.54) is 0 Å². The normalized spacial score (nSPS) is 43.6. The predicted octanol–water partition coefficient (Wildman–Crippen LogP) is 1.17. The van der Waals surface area contributed by atoms with E-state index in [2.05, 4.69) is 0 Å². The van der Waals surface area contributed by atoms with Crippen LogP contribution in [0.3, 0.4) is 0 Å². The molecule has 2 aliphatic carbocycles. The average Bonchev–Trinajstić information content (AvgIpc) is 2.33. The summed E-state index contributed by atoms with van der Waals surface area (Å²) in [5.74, 6) is -0.466. The maximum atomic E-state index is 12.0. The summed E-state index contributed by atoms with van der Waals surface area (Å²) in [5.41, 5.74) is -0.878. The summed E-state index contributed by atoms with van der Waals surface area (Å²) in [6.45, 7) is 5.70. The fourth-order valence-corrected chi connectivity index (χ4v) is 6.33. The molecule has 4 nitrogen and oxygen atoms in total. The van der Waals surface area contributed by atoms with Gasteiger partial charge in [0, 0.05) is 0 Å². The number of hydrogen-bond acceptors (Lipinski definition) is 3. The fourth-order valence-electron chi connectivity index (χ4n) is 3.35. The summed E-state index contributed by atoms with van der Waals surface area (Å²) in [6, 6.07) is 0. The molecule has 0 heterocycles. The zero-order chi connectivity index (χ0) is 11.6. The van der Waals surface area contributed by atoms with E-state index in [9.17, 15) is 16.7 Å². The standard InChI is InChI=1S/C10H16O4Se/c1-9(2)6-4-5-10(9,3)8(11)7(6)15(12,13)14/h6-7H,4-5H2,1-3H3,(H,12,13,14). The molecular formula is C10H16O4Se. The van der Waals surface area contributed by atoms with Gasteiger partial charge in [-0.25, -0.2) is 0 Å². The van der Waals surface area contributed by atoms with Crippen molar-refractivity contribution in [2.75, 3.05) is 0 Å². The van der Waals surface area contributed by atoms with Gasteiger partial charge in [-0.05, 0) is 0 Å². The molecule has 0 radical (unpaired) electrons. The molecule has 2 bridgehead atoms. The molecule has 86 valence electrons. The molecule has 0 aromatic heterocycles. The molecule has 1 N–H and O–H groups in total. The third-order valence-corrected chi connectivity index (χ3v) is 7.28. The van der Waals surface area contributed by atoms with Crippen molar-refractivity contribution in [2.45, 2.75) is 38.4 Å². The Morgan fingerprint density at radius 3 is 2.13 bits per heavy atom. The molecule has 5 heteroatoms. The SMILES string of the molecule is CC12CCC(C([Se](=O)(=O)O)C1=O)C2(C)C. The third-order valence-electron chi connectivity index (χ3n) is 4.79. The van der Waals surface area contributed by atoms with Gasteiger partial charge in [-0.15, -0.1) is 0 Å². The van der Waals surface area contributed by atoms with Crippen LogP contribution in [0.4, 0.5) is 0 Å². The number of fused-ring (bicyclic) bond motifs is 2. The molecule has 0 amide bonds. The van der Waals surface area contributed by atoms with Gasteiger partial charge in [0.25, 0.3) is 0 Å². The molecule has 3 atom stereocenters. The Hall–Kier alpha value is -0.251. The van der Waals surface area contributed by atoms with E-state index in [1.807, 2.05) is 20.8 Å². The van der Waals surface area contributed by atoms with Gasteiger partial charge in [-0.1, -0.05) is 0 Å². The maximum absolute atomic E-state index is 12.0. The van der Waals surface area contributed by atoms with Crippen LogP contribution in [-0.4, -0.2) is 23.0 Å². The van der Waals surface area contributed by atoms with E-state index >= 15 is 0 Å². The Bertz CT molecular complexity index is 423. The number of hydrogen-bond donors (Lipinski definition) is 1. The van der Waals surface area contributed by atoms with Crippen LogP contribution in [0.1, 0.15) is 33.6 Å². The van der Waals surface area contributed by atoms with Crippen LogP contribution in [0.25, 0.3) is 0 Å². The first kappa shape index (κ1) is 11.2. The van der Waals surface area contributed by atoms with Crippen molar-refractivity contribution in [3.8, 4) is 0 Å². The zero-order valence-corrected chi connectivity index (χ0v) is 10.9. The summed E-state index contributed by atoms with van der Waals surface area (Å²) < 4.78 is 31.7. The minimum atomic E-state index is -5.01. The van der Waals surface area contributed by atoms with E-state index in [-0.39, 0.29) is 17.1 Å². The van der Waals surface area contributed by atoms with Crippen LogP contribution >= 0.6 is 0 Å². The Kier molecular flexibility index (Phi) is 2.03. The molecule has 2 saturated carbocycles. The van der Waals surface area contributed by atoms with E-state index in [0.29, 0.717) is 0 Å². The van der Waals surface area contributed by atoms with E-state index in [1.54, 1.807) is 0 Å². The molecular weight excluding hydrogens is 263 g/mol. The van der Waals surface area contributed by atoms with Crippen LogP contribution in [-0.2, 0) is 12.5 Å². The van der Waals surface area contributed by atoms with Crippen molar-refractivity contribution in [3.05, 3.63) is 0 Å². The molecule has 0 aromatic carbocycles. The molecule has 0 aliphatic heterocycles. The van der Waals surface area contributed by atoms with Crippen LogP contribution in [0.5, 0.6) is 0 Å². The average molecular weight is 279 g/mol. The van der Waals surface area contributed by atoms with Crippen molar-refractivity contribution >= 4 is 18.8 Å². The monoisotopic (exact) mass is 280 g/mol. The van der Waals surface area contributed by atoms with Gasteiger partial charge in [-0.3, -0.25) is 0 Å². The molecule has 0 saturated heterocycles. The van der Waals surface area contributed by atoms with Gasteiger partial charge >= 0.3 is 90.7 Å². The van der Waals surface area contributed by atoms with Gasteiger partial charge in [-0.2, -0.15) is 0 Å². The Balaban J connectivity index is 2.57. The molecule has 2 aliphatic rings. The van der Waals surface area contributed by atoms with Gasteiger partial charge < -0.3 is 0 Å². The number of carbonyl (C=O) groups is 1. The second kappa shape index (κ2) is 2.70. The van der Waals surface area contributed by atoms with Crippen LogP contribution in [0.2, 0.25) is 4.82 Å². The minimum absolute atomic E-state index is 0.199. The predicted molar refractivity (Wildman–Crippen MR) is 52.7 cm³/mol. The van der Waals surface area contributed by atoms with Gasteiger partial charge in [0.1, 0.15) is 0 Å². The van der Waals surface area contributed by atoms with Gasteiger partial charge in [0.2, 0.25) is 0 Å². The first-order valence-electron chi connectivity index (χ1n) is 5.13. The summed E-state index contributed by atoms with van der Waals surface area (Å²) in [5, 5.41) is 0. The number of Topliss-reactive ketones (excluding diaryl/α,β-unsaturated/α-hetero) is 1. The van der Waals surface area contributed by atoms with Crippen molar-refractivity contribution in [1.82, 2.24) is 0 Å². The van der Waals surface area contributed by atoms with Crippen LogP contribution in [0, 0.1) is 16.7 Å². The molecule has 0 spiro atoms. The molecule has 0 aromatic rings. The molecule has 2 rings (SSSR count). The van der Waals surface area contributed by atoms with Gasteiger partial charge in [0.05, 0.1) is 0 Å². The molecule has 2 fully saturated rings. The number of rotatable bonds is 1. The molecule has 3 unspecified atom stereocenters. The summed E-state index contributed by atoms with van der Waals surface area (Å²) in [4.78, 5) is 10.9. The first-order valence-corrected chi connectivity index (χ1v) is 8.28. The van der Waals surface area contributed by atoms with Gasteiger partial charge in [0.15, 0.2) is 0 Å². The van der Waals surface area contributed by atoms with Crippen LogP contribution < -0.4 is 0 Å². The van der Waals surface area contributed by atoms with E-state index in [4.69, 9.17) is 0 Å². The number of carbonyl (C=O) groups excluding carboxylic acids is 1. The summed E-state index contributed by atoms with van der Waals surface area (Å²) in [6.07, 6.45) is 1.47. The molecule has 15 heavy (non-hydrogen) atoms. The summed E-state index contributed by atoms with van der Waals surface area (Å²) in [7, 11) is 0. The Labute approximate surface area is 91.0 Å². The van der Waals surface area contributed by atoms with Crippen molar-refractivity contribution < 1.29 is 16.7 Å². The Morgan fingerprint density at radius 1 is 1.33 bits per heavy atom. The first-order chi connectivity index (χ1) is 6.62. The second-order valence-electron chi connectivity index (χ2n) is 5.50. The third kappa shape index (κ3) is 1.14. The fraction of sp³-hybridized carbons (Fsp3) is 0.900. The quantitative estimate of drug-likeness (QED) is 0.731. The van der Waals surface area contributed by atoms with Crippen LogP contribution in [0.15, 0.2) is 0 Å². The Morgan fingerprint density at radius 2 is 1.87 bits per heavy atom. The number of ketones is 1. The topological polar surface area (TPSA) is 71.4 Å². The second-order valence-corrected chi connectivity index (χ2v) is 8.73. The van der Waals surface area contributed by atoms with Crippen molar-refractivity contribution in [2.24, 2.45) is 16.7 Å². The van der Waals surface area contributed by atoms with Crippen molar-refractivity contribution in [3.63, 3.8) is 0 Å². The zero-order valence-electron chi connectivity index (χ0n) is 9.15. The van der Waals surface area contributed by atoms with E-state index < -0.39 is 23.3 Å².